The van der Waals surface area contributed by atoms with Gasteiger partial charge in [-0.25, -0.2) is 0 Å². The first kappa shape index (κ1) is 11.0. The van der Waals surface area contributed by atoms with Crippen LogP contribution in [-0.2, 0) is 14.2 Å². The van der Waals surface area contributed by atoms with Crippen molar-refractivity contribution >= 4 is 0 Å². The maximum atomic E-state index is 5.71. The van der Waals surface area contributed by atoms with E-state index in [4.69, 9.17) is 14.2 Å². The lowest BCUT2D eigenvalue weighted by atomic mass is 10.1. The Balaban J connectivity index is 2.74. The van der Waals surface area contributed by atoms with E-state index in [1.54, 1.807) is 7.11 Å². The van der Waals surface area contributed by atoms with Crippen LogP contribution in [0.25, 0.3) is 0 Å². The summed E-state index contributed by atoms with van der Waals surface area (Å²) in [5, 5.41) is 0. The van der Waals surface area contributed by atoms with Gasteiger partial charge in [-0.2, -0.15) is 0 Å². The van der Waals surface area contributed by atoms with Crippen LogP contribution < -0.4 is 0 Å². The third-order valence-electron chi connectivity index (χ3n) is 2.39. The minimum atomic E-state index is -0.836. The van der Waals surface area contributed by atoms with E-state index in [1.165, 1.54) is 0 Å². The van der Waals surface area contributed by atoms with Gasteiger partial charge in [0.1, 0.15) is 0 Å². The SMILES string of the molecule is COC1(C(C)C)O[C@H](C)C[C@@H](C)O1. The molecule has 3 nitrogen and oxygen atoms in total. The van der Waals surface area contributed by atoms with Gasteiger partial charge in [-0.3, -0.25) is 0 Å². The monoisotopic (exact) mass is 188 g/mol. The van der Waals surface area contributed by atoms with Crippen molar-refractivity contribution in [3.8, 4) is 0 Å². The molecule has 0 spiro atoms. The number of hydrogen-bond acceptors (Lipinski definition) is 3. The maximum absolute atomic E-state index is 5.71. The van der Waals surface area contributed by atoms with Gasteiger partial charge in [0.25, 0.3) is 5.97 Å². The van der Waals surface area contributed by atoms with Gasteiger partial charge in [0.2, 0.25) is 0 Å². The first-order valence-electron chi connectivity index (χ1n) is 4.91. The molecule has 13 heavy (non-hydrogen) atoms. The van der Waals surface area contributed by atoms with E-state index in [9.17, 15) is 0 Å². The maximum Gasteiger partial charge on any atom is 0.285 e. The Morgan fingerprint density at radius 2 is 1.69 bits per heavy atom. The third kappa shape index (κ3) is 2.22. The summed E-state index contributed by atoms with van der Waals surface area (Å²) >= 11 is 0. The molecule has 1 rings (SSSR count). The highest BCUT2D eigenvalue weighted by molar-refractivity contribution is 4.73. The van der Waals surface area contributed by atoms with Crippen molar-refractivity contribution < 1.29 is 14.2 Å². The Morgan fingerprint density at radius 1 is 1.23 bits per heavy atom. The van der Waals surface area contributed by atoms with Crippen LogP contribution in [0.3, 0.4) is 0 Å². The summed E-state index contributed by atoms with van der Waals surface area (Å²) in [6.07, 6.45) is 1.33. The molecule has 1 fully saturated rings. The molecule has 3 heteroatoms. The van der Waals surface area contributed by atoms with Crippen molar-refractivity contribution in [1.82, 2.24) is 0 Å². The summed E-state index contributed by atoms with van der Waals surface area (Å²) in [6.45, 7) is 8.17. The molecule has 0 aliphatic carbocycles. The van der Waals surface area contributed by atoms with Crippen molar-refractivity contribution in [3.05, 3.63) is 0 Å². The normalized spacial score (nSPS) is 41.1. The van der Waals surface area contributed by atoms with Crippen LogP contribution in [-0.4, -0.2) is 25.3 Å². The topological polar surface area (TPSA) is 27.7 Å². The van der Waals surface area contributed by atoms with Gasteiger partial charge in [0.05, 0.1) is 12.2 Å². The summed E-state index contributed by atoms with van der Waals surface area (Å²) in [4.78, 5) is 0. The van der Waals surface area contributed by atoms with Gasteiger partial charge < -0.3 is 14.2 Å². The second kappa shape index (κ2) is 3.95. The first-order chi connectivity index (χ1) is 6.00. The van der Waals surface area contributed by atoms with Crippen LogP contribution in [0.5, 0.6) is 0 Å². The highest BCUT2D eigenvalue weighted by Gasteiger charge is 2.43. The van der Waals surface area contributed by atoms with Crippen LogP contribution in [0, 0.1) is 5.92 Å². The number of hydrogen-bond donors (Lipinski definition) is 0. The molecule has 0 aromatic rings. The molecule has 0 bridgehead atoms. The molecular formula is C10H20O3. The predicted octanol–water partition coefficient (Wildman–Crippen LogP) is 2.16. The van der Waals surface area contributed by atoms with Crippen molar-refractivity contribution in [1.29, 1.82) is 0 Å². The molecule has 78 valence electrons. The van der Waals surface area contributed by atoms with Gasteiger partial charge >= 0.3 is 0 Å². The summed E-state index contributed by atoms with van der Waals surface area (Å²) in [7, 11) is 1.63. The summed E-state index contributed by atoms with van der Waals surface area (Å²) < 4.78 is 16.8. The molecule has 1 aliphatic heterocycles. The van der Waals surface area contributed by atoms with E-state index in [1.807, 2.05) is 13.8 Å². The zero-order valence-electron chi connectivity index (χ0n) is 9.16. The second-order valence-corrected chi connectivity index (χ2v) is 4.06. The van der Waals surface area contributed by atoms with Crippen LogP contribution in [0.2, 0.25) is 0 Å². The molecule has 1 heterocycles. The molecule has 0 unspecified atom stereocenters. The Morgan fingerprint density at radius 3 is 2.00 bits per heavy atom. The fraction of sp³-hybridized carbons (Fsp3) is 1.00. The predicted molar refractivity (Wildman–Crippen MR) is 50.3 cm³/mol. The fourth-order valence-electron chi connectivity index (χ4n) is 1.76. The lowest BCUT2D eigenvalue weighted by Crippen LogP contribution is -2.51. The minimum absolute atomic E-state index is 0.197. The lowest BCUT2D eigenvalue weighted by molar-refractivity contribution is -0.438. The van der Waals surface area contributed by atoms with Crippen LogP contribution in [0.4, 0.5) is 0 Å². The van der Waals surface area contributed by atoms with E-state index in [0.29, 0.717) is 0 Å². The van der Waals surface area contributed by atoms with Gasteiger partial charge in [-0.05, 0) is 20.3 Å². The quantitative estimate of drug-likeness (QED) is 0.664. The zero-order valence-corrected chi connectivity index (χ0v) is 9.16. The van der Waals surface area contributed by atoms with E-state index >= 15 is 0 Å². The zero-order chi connectivity index (χ0) is 10.1. The molecular weight excluding hydrogens is 168 g/mol. The minimum Gasteiger partial charge on any atom is -0.331 e. The molecule has 0 aromatic carbocycles. The molecule has 0 amide bonds. The standard InChI is InChI=1S/C10H20O3/c1-7(2)10(11-5)12-8(3)6-9(4)13-10/h7-9H,6H2,1-5H3/t8-,9-/m1/s1. The van der Waals surface area contributed by atoms with Crippen molar-refractivity contribution in [3.63, 3.8) is 0 Å². The van der Waals surface area contributed by atoms with E-state index < -0.39 is 5.97 Å². The number of rotatable bonds is 2. The number of methoxy groups -OCH3 is 1. The van der Waals surface area contributed by atoms with Gasteiger partial charge in [0.15, 0.2) is 0 Å². The molecule has 2 atom stereocenters. The van der Waals surface area contributed by atoms with Crippen LogP contribution in [0.15, 0.2) is 0 Å². The Labute approximate surface area is 80.4 Å². The van der Waals surface area contributed by atoms with E-state index in [2.05, 4.69) is 13.8 Å². The largest absolute Gasteiger partial charge is 0.331 e. The average Bonchev–Trinajstić information content (AvgIpc) is 2.02. The van der Waals surface area contributed by atoms with Gasteiger partial charge in [-0.1, -0.05) is 13.8 Å². The highest BCUT2D eigenvalue weighted by Crippen LogP contribution is 2.33. The summed E-state index contributed by atoms with van der Waals surface area (Å²) in [6, 6.07) is 0. The van der Waals surface area contributed by atoms with Crippen molar-refractivity contribution in [2.24, 2.45) is 5.92 Å². The Hall–Kier alpha value is -0.120. The molecule has 0 radical (unpaired) electrons. The summed E-state index contributed by atoms with van der Waals surface area (Å²) in [5.41, 5.74) is 0. The summed E-state index contributed by atoms with van der Waals surface area (Å²) in [5.74, 6) is -0.639. The Bertz CT molecular complexity index is 158. The molecule has 0 N–H and O–H groups in total. The third-order valence-corrected chi connectivity index (χ3v) is 2.39. The van der Waals surface area contributed by atoms with Crippen molar-refractivity contribution in [2.75, 3.05) is 7.11 Å². The van der Waals surface area contributed by atoms with Crippen molar-refractivity contribution in [2.45, 2.75) is 52.3 Å². The lowest BCUT2D eigenvalue weighted by Gasteiger charge is -2.43. The Kier molecular flexibility index (Phi) is 3.33. The number of ether oxygens (including phenoxy) is 3. The smallest absolute Gasteiger partial charge is 0.285 e. The molecule has 0 saturated carbocycles. The first-order valence-corrected chi connectivity index (χ1v) is 4.91. The molecule has 1 saturated heterocycles. The van der Waals surface area contributed by atoms with Gasteiger partial charge in [0, 0.05) is 13.0 Å². The van der Waals surface area contributed by atoms with Crippen LogP contribution in [0.1, 0.15) is 34.1 Å². The van der Waals surface area contributed by atoms with E-state index in [0.717, 1.165) is 6.42 Å². The molecule has 0 aromatic heterocycles. The molecule has 1 aliphatic rings. The highest BCUT2D eigenvalue weighted by atomic mass is 16.9. The van der Waals surface area contributed by atoms with Crippen LogP contribution >= 0.6 is 0 Å². The fourth-order valence-corrected chi connectivity index (χ4v) is 1.76. The van der Waals surface area contributed by atoms with Gasteiger partial charge in [-0.15, -0.1) is 0 Å². The van der Waals surface area contributed by atoms with E-state index in [-0.39, 0.29) is 18.1 Å². The second-order valence-electron chi connectivity index (χ2n) is 4.06. The average molecular weight is 188 g/mol.